The fourth-order valence-electron chi connectivity index (χ4n) is 2.33. The van der Waals surface area contributed by atoms with Crippen LogP contribution in [0.1, 0.15) is 24.3 Å². The summed E-state index contributed by atoms with van der Waals surface area (Å²) in [7, 11) is 0. The molecular weight excluding hydrogens is 282 g/mol. The number of nitrogens with zero attached hydrogens (tertiary/aromatic N) is 1. The molecule has 5 nitrogen and oxygen atoms in total. The second-order valence-corrected chi connectivity index (χ2v) is 4.86. The Balaban J connectivity index is 1.81. The topological polar surface area (TPSA) is 51.9 Å². The van der Waals surface area contributed by atoms with E-state index in [9.17, 15) is 4.79 Å². The molecule has 0 spiro atoms. The molecule has 0 bridgehead atoms. The molecule has 1 aliphatic rings. The van der Waals surface area contributed by atoms with Crippen LogP contribution in [0.5, 0.6) is 0 Å². The lowest BCUT2D eigenvalue weighted by Gasteiger charge is -2.21. The third-order valence-corrected chi connectivity index (χ3v) is 3.33. The van der Waals surface area contributed by atoms with Crippen molar-refractivity contribution >= 4 is 5.97 Å². The maximum atomic E-state index is 11.9. The summed E-state index contributed by atoms with van der Waals surface area (Å²) in [5.74, 6) is 0.448. The average molecular weight is 299 g/mol. The van der Waals surface area contributed by atoms with Crippen LogP contribution in [0.4, 0.5) is 0 Å². The number of esters is 1. The number of carbonyl (C=O) groups excluding carboxylic acids is 1. The summed E-state index contributed by atoms with van der Waals surface area (Å²) < 4.78 is 10.5. The van der Waals surface area contributed by atoms with Crippen molar-refractivity contribution in [3.63, 3.8) is 0 Å². The number of ether oxygens (including phenoxy) is 1. The van der Waals surface area contributed by atoms with Gasteiger partial charge in [-0.15, -0.1) is 5.06 Å². The van der Waals surface area contributed by atoms with Gasteiger partial charge in [-0.3, -0.25) is 0 Å². The predicted molar refractivity (Wildman–Crippen MR) is 79.2 cm³/mol. The molecule has 0 fully saturated rings. The number of hydrogen-bond donors (Lipinski definition) is 0. The van der Waals surface area contributed by atoms with Gasteiger partial charge in [0.05, 0.1) is 19.4 Å². The monoisotopic (exact) mass is 299 g/mol. The number of rotatable bonds is 5. The van der Waals surface area contributed by atoms with Crippen molar-refractivity contribution in [2.45, 2.75) is 19.5 Å². The second-order valence-electron chi connectivity index (χ2n) is 4.86. The van der Waals surface area contributed by atoms with E-state index >= 15 is 0 Å². The summed E-state index contributed by atoms with van der Waals surface area (Å²) in [5, 5.41) is 1.71. The molecule has 3 rings (SSSR count). The molecule has 0 aliphatic carbocycles. The molecule has 0 unspecified atom stereocenters. The Morgan fingerprint density at radius 1 is 1.23 bits per heavy atom. The Morgan fingerprint density at radius 2 is 2.05 bits per heavy atom. The molecule has 0 amide bonds. The van der Waals surface area contributed by atoms with Gasteiger partial charge in [-0.1, -0.05) is 30.3 Å². The van der Waals surface area contributed by atoms with Crippen LogP contribution in [-0.2, 0) is 20.9 Å². The molecule has 2 aromatic rings. The highest BCUT2D eigenvalue weighted by Crippen LogP contribution is 2.33. The summed E-state index contributed by atoms with van der Waals surface area (Å²) >= 11 is 0. The zero-order valence-corrected chi connectivity index (χ0v) is 12.3. The molecule has 0 N–H and O–H groups in total. The molecule has 1 aliphatic heterocycles. The average Bonchev–Trinajstić information content (AvgIpc) is 3.17. The van der Waals surface area contributed by atoms with Gasteiger partial charge in [-0.25, -0.2) is 4.79 Å². The normalized spacial score (nSPS) is 17.9. The summed E-state index contributed by atoms with van der Waals surface area (Å²) in [4.78, 5) is 17.6. The lowest BCUT2D eigenvalue weighted by Crippen LogP contribution is -2.23. The first-order valence-corrected chi connectivity index (χ1v) is 7.19. The first-order valence-electron chi connectivity index (χ1n) is 7.19. The Labute approximate surface area is 128 Å². The Kier molecular flexibility index (Phi) is 4.25. The smallest absolute Gasteiger partial charge is 0.375 e. The van der Waals surface area contributed by atoms with Crippen molar-refractivity contribution in [2.75, 3.05) is 6.61 Å². The van der Waals surface area contributed by atoms with E-state index in [0.717, 1.165) is 11.3 Å². The fourth-order valence-corrected chi connectivity index (χ4v) is 2.33. The molecule has 0 saturated carbocycles. The van der Waals surface area contributed by atoms with Crippen LogP contribution in [-0.4, -0.2) is 17.6 Å². The van der Waals surface area contributed by atoms with E-state index < -0.39 is 5.97 Å². The largest absolute Gasteiger partial charge is 0.467 e. The minimum atomic E-state index is -0.463. The van der Waals surface area contributed by atoms with Crippen molar-refractivity contribution < 1.29 is 18.8 Å². The summed E-state index contributed by atoms with van der Waals surface area (Å²) in [6, 6.07) is 13.3. The first kappa shape index (κ1) is 14.4. The molecule has 114 valence electrons. The zero-order valence-electron chi connectivity index (χ0n) is 12.3. The van der Waals surface area contributed by atoms with Gasteiger partial charge in [0.2, 0.25) is 5.76 Å². The van der Waals surface area contributed by atoms with E-state index in [0.29, 0.717) is 13.2 Å². The number of hydroxylamine groups is 2. The van der Waals surface area contributed by atoms with E-state index in [4.69, 9.17) is 14.0 Å². The summed E-state index contributed by atoms with van der Waals surface area (Å²) in [6.45, 7) is 2.61. The van der Waals surface area contributed by atoms with E-state index in [-0.39, 0.29) is 11.8 Å². The Hall–Kier alpha value is -2.53. The van der Waals surface area contributed by atoms with Crippen LogP contribution in [0.15, 0.2) is 65.0 Å². The van der Waals surface area contributed by atoms with Crippen molar-refractivity contribution in [3.8, 4) is 0 Å². The molecule has 0 radical (unpaired) electrons. The second kappa shape index (κ2) is 6.49. The van der Waals surface area contributed by atoms with Gasteiger partial charge in [0.15, 0.2) is 0 Å². The first-order chi connectivity index (χ1) is 10.8. The SMILES string of the molecule is CCOC(=O)C1=C[C@@H](c2ccco2)N(Cc2ccccc2)O1. The number of furan rings is 1. The number of benzene rings is 1. The lowest BCUT2D eigenvalue weighted by molar-refractivity contribution is -0.163. The third-order valence-electron chi connectivity index (χ3n) is 3.33. The van der Waals surface area contributed by atoms with Crippen molar-refractivity contribution in [1.29, 1.82) is 0 Å². The molecule has 1 aromatic heterocycles. The predicted octanol–water partition coefficient (Wildman–Crippen LogP) is 3.22. The van der Waals surface area contributed by atoms with Crippen LogP contribution in [0, 0.1) is 0 Å². The molecule has 0 saturated heterocycles. The van der Waals surface area contributed by atoms with Gasteiger partial charge >= 0.3 is 5.97 Å². The summed E-state index contributed by atoms with van der Waals surface area (Å²) in [5.41, 5.74) is 1.08. The molecule has 1 aromatic carbocycles. The minimum Gasteiger partial charge on any atom is -0.467 e. The Morgan fingerprint density at radius 3 is 2.73 bits per heavy atom. The van der Waals surface area contributed by atoms with Crippen LogP contribution < -0.4 is 0 Å². The van der Waals surface area contributed by atoms with Crippen LogP contribution in [0.25, 0.3) is 0 Å². The quantitative estimate of drug-likeness (QED) is 0.793. The summed E-state index contributed by atoms with van der Waals surface area (Å²) in [6.07, 6.45) is 3.33. The molecule has 22 heavy (non-hydrogen) atoms. The van der Waals surface area contributed by atoms with Crippen LogP contribution in [0.3, 0.4) is 0 Å². The van der Waals surface area contributed by atoms with E-state index in [2.05, 4.69) is 0 Å². The van der Waals surface area contributed by atoms with Gasteiger partial charge in [-0.05, 0) is 30.7 Å². The van der Waals surface area contributed by atoms with Gasteiger partial charge in [0, 0.05) is 0 Å². The fraction of sp³-hybridized carbons (Fsp3) is 0.235. The highest BCUT2D eigenvalue weighted by molar-refractivity contribution is 5.86. The number of hydrogen-bond acceptors (Lipinski definition) is 5. The van der Waals surface area contributed by atoms with Crippen LogP contribution in [0.2, 0.25) is 0 Å². The maximum absolute atomic E-state index is 11.9. The van der Waals surface area contributed by atoms with E-state index in [1.54, 1.807) is 24.3 Å². The van der Waals surface area contributed by atoms with Crippen molar-refractivity contribution in [3.05, 3.63) is 71.9 Å². The van der Waals surface area contributed by atoms with Crippen LogP contribution >= 0.6 is 0 Å². The molecule has 2 heterocycles. The van der Waals surface area contributed by atoms with Gasteiger partial charge in [-0.2, -0.15) is 0 Å². The third kappa shape index (κ3) is 3.04. The highest BCUT2D eigenvalue weighted by Gasteiger charge is 2.34. The highest BCUT2D eigenvalue weighted by atomic mass is 16.7. The van der Waals surface area contributed by atoms with Crippen molar-refractivity contribution in [1.82, 2.24) is 5.06 Å². The molecule has 5 heteroatoms. The maximum Gasteiger partial charge on any atom is 0.375 e. The minimum absolute atomic E-state index is 0.194. The lowest BCUT2D eigenvalue weighted by atomic mass is 10.1. The van der Waals surface area contributed by atoms with Gasteiger partial charge in [0.1, 0.15) is 11.8 Å². The zero-order chi connectivity index (χ0) is 15.4. The Bertz CT molecular complexity index is 649. The van der Waals surface area contributed by atoms with Crippen molar-refractivity contribution in [2.24, 2.45) is 0 Å². The van der Waals surface area contributed by atoms with Gasteiger partial charge < -0.3 is 14.0 Å². The molecular formula is C17H17NO4. The van der Waals surface area contributed by atoms with E-state index in [1.807, 2.05) is 42.5 Å². The van der Waals surface area contributed by atoms with Gasteiger partial charge in [0.25, 0.3) is 0 Å². The standard InChI is InChI=1S/C17H17NO4/c1-2-20-17(19)16-11-14(15-9-6-10-21-15)18(22-16)12-13-7-4-3-5-8-13/h3-11,14H,2,12H2,1H3/t14-/m0/s1. The number of carbonyl (C=O) groups is 1. The molecule has 1 atom stereocenters. The van der Waals surface area contributed by atoms with E-state index in [1.165, 1.54) is 0 Å².